The van der Waals surface area contributed by atoms with Crippen molar-refractivity contribution in [3.63, 3.8) is 0 Å². The van der Waals surface area contributed by atoms with Crippen molar-refractivity contribution in [2.24, 2.45) is 0 Å². The Morgan fingerprint density at radius 2 is 0.778 bits per heavy atom. The van der Waals surface area contributed by atoms with Gasteiger partial charge in [0.2, 0.25) is 0 Å². The van der Waals surface area contributed by atoms with Gasteiger partial charge in [-0.15, -0.1) is 0 Å². The van der Waals surface area contributed by atoms with Crippen molar-refractivity contribution in [1.29, 1.82) is 0 Å². The van der Waals surface area contributed by atoms with Crippen LogP contribution in [-0.4, -0.2) is 124 Å². The Morgan fingerprint density at radius 3 is 1.13 bits per heavy atom. The van der Waals surface area contributed by atoms with Gasteiger partial charge in [0.15, 0.2) is 49.2 Å². The number of ether oxygens (including phenoxy) is 11. The molecule has 2 aliphatic rings. The van der Waals surface area contributed by atoms with Gasteiger partial charge in [-0.05, 0) is 0 Å². The minimum absolute atomic E-state index is 0.448. The van der Waals surface area contributed by atoms with Crippen molar-refractivity contribution in [3.05, 3.63) is 0 Å². The SMILES string of the molecule is CO[C@H]1O[C@H](COC(C)=O)[C@@H](OC(C)=O)[C@H](OC(C)=O)[C@H]1O[C@H]1O[C@H](COC(C)=O)[C@@H](OC(C)=O)[C@H](OC(C)=O)[C@@H]1OC(C)=O. The van der Waals surface area contributed by atoms with Crippen LogP contribution in [-0.2, 0) is 85.7 Å². The smallest absolute Gasteiger partial charge is 0.303 e. The van der Waals surface area contributed by atoms with Crippen LogP contribution < -0.4 is 0 Å². The number of carbonyl (C=O) groups is 7. The van der Waals surface area contributed by atoms with Crippen LogP contribution in [0.15, 0.2) is 0 Å². The highest BCUT2D eigenvalue weighted by atomic mass is 16.8. The topological polar surface area (TPSA) is 221 Å². The highest BCUT2D eigenvalue weighted by Crippen LogP contribution is 2.35. The molecule has 2 saturated heterocycles. The zero-order chi connectivity index (χ0) is 34.0. The largest absolute Gasteiger partial charge is 0.463 e. The summed E-state index contributed by atoms with van der Waals surface area (Å²) in [6, 6.07) is 0. The van der Waals surface area contributed by atoms with Gasteiger partial charge >= 0.3 is 41.8 Å². The number of hydrogen-bond donors (Lipinski definition) is 0. The second kappa shape index (κ2) is 17.0. The van der Waals surface area contributed by atoms with E-state index in [-0.39, 0.29) is 0 Å². The fourth-order valence-corrected chi connectivity index (χ4v) is 4.66. The zero-order valence-electron chi connectivity index (χ0n) is 26.0. The maximum absolute atomic E-state index is 12.2. The van der Waals surface area contributed by atoms with Gasteiger partial charge in [0.05, 0.1) is 0 Å². The Balaban J connectivity index is 2.64. The van der Waals surface area contributed by atoms with Crippen LogP contribution in [0.1, 0.15) is 48.5 Å². The van der Waals surface area contributed by atoms with E-state index in [1.807, 2.05) is 0 Å². The van der Waals surface area contributed by atoms with Gasteiger partial charge in [0.25, 0.3) is 0 Å². The van der Waals surface area contributed by atoms with E-state index < -0.39 is 116 Å². The Bertz CT molecular complexity index is 1110. The molecule has 45 heavy (non-hydrogen) atoms. The van der Waals surface area contributed by atoms with E-state index in [0.29, 0.717) is 0 Å². The van der Waals surface area contributed by atoms with E-state index in [1.165, 1.54) is 7.11 Å². The highest BCUT2D eigenvalue weighted by molar-refractivity contribution is 5.69. The van der Waals surface area contributed by atoms with E-state index in [4.69, 9.17) is 52.1 Å². The highest BCUT2D eigenvalue weighted by Gasteiger charge is 2.57. The van der Waals surface area contributed by atoms with E-state index in [2.05, 4.69) is 0 Å². The normalized spacial score (nSPS) is 31.0. The van der Waals surface area contributed by atoms with Gasteiger partial charge < -0.3 is 52.1 Å². The molecular weight excluding hydrogens is 612 g/mol. The number of rotatable bonds is 12. The third-order valence-corrected chi connectivity index (χ3v) is 6.12. The molecule has 0 aromatic rings. The van der Waals surface area contributed by atoms with E-state index >= 15 is 0 Å². The molecule has 2 heterocycles. The summed E-state index contributed by atoms with van der Waals surface area (Å²) in [7, 11) is 1.20. The van der Waals surface area contributed by atoms with Crippen LogP contribution in [0.5, 0.6) is 0 Å². The summed E-state index contributed by atoms with van der Waals surface area (Å²) in [6.45, 7) is 6.53. The van der Waals surface area contributed by atoms with Gasteiger partial charge in [-0.2, -0.15) is 0 Å². The van der Waals surface area contributed by atoms with Gasteiger partial charge in [-0.3, -0.25) is 33.6 Å². The summed E-state index contributed by atoms with van der Waals surface area (Å²) < 4.78 is 60.6. The first kappa shape index (κ1) is 37.3. The lowest BCUT2D eigenvalue weighted by molar-refractivity contribution is -0.366. The van der Waals surface area contributed by atoms with Crippen molar-refractivity contribution in [2.75, 3.05) is 20.3 Å². The van der Waals surface area contributed by atoms with Crippen molar-refractivity contribution in [1.82, 2.24) is 0 Å². The Hall–Kier alpha value is -3.87. The molecule has 10 atom stereocenters. The fourth-order valence-electron chi connectivity index (χ4n) is 4.66. The summed E-state index contributed by atoms with van der Waals surface area (Å²) >= 11 is 0. The maximum atomic E-state index is 12.2. The van der Waals surface area contributed by atoms with Crippen LogP contribution in [0.25, 0.3) is 0 Å². The molecule has 18 heteroatoms. The van der Waals surface area contributed by atoms with E-state index in [9.17, 15) is 33.6 Å². The standard InChI is InChI=1S/C27H38O18/c1-11(28)36-9-18-20(38-13(3)30)22(40-15(5)32)24(26(35-8)43-18)45-27-25(42-17(7)34)23(41-16(6)33)21(39-14(4)31)19(44-27)10-37-12(2)29/h18-27H,9-10H2,1-8H3/t18-,19-,20-,21-,22+,23+,24-,25+,26+,27-/m1/s1. The van der Waals surface area contributed by atoms with Gasteiger partial charge in [-0.1, -0.05) is 0 Å². The molecule has 0 unspecified atom stereocenters. The lowest BCUT2D eigenvalue weighted by atomic mass is 9.96. The molecule has 0 N–H and O–H groups in total. The lowest BCUT2D eigenvalue weighted by Gasteiger charge is -2.48. The first-order valence-electron chi connectivity index (χ1n) is 13.7. The van der Waals surface area contributed by atoms with Gasteiger partial charge in [0.1, 0.15) is 25.4 Å². The second-order valence-corrected chi connectivity index (χ2v) is 9.90. The molecule has 0 bridgehead atoms. The number of methoxy groups -OCH3 is 1. The van der Waals surface area contributed by atoms with Crippen LogP contribution in [0.2, 0.25) is 0 Å². The molecule has 0 radical (unpaired) electrons. The summed E-state index contributed by atoms with van der Waals surface area (Å²) in [6.07, 6.45) is -14.9. The molecule has 0 aromatic heterocycles. The summed E-state index contributed by atoms with van der Waals surface area (Å²) in [4.78, 5) is 83.8. The van der Waals surface area contributed by atoms with E-state index in [0.717, 1.165) is 48.5 Å². The van der Waals surface area contributed by atoms with Crippen molar-refractivity contribution >= 4 is 41.8 Å². The first-order chi connectivity index (χ1) is 21.0. The Labute approximate surface area is 258 Å². The molecule has 2 rings (SSSR count). The number of carbonyl (C=O) groups excluding carboxylic acids is 7. The fraction of sp³-hybridized carbons (Fsp3) is 0.741. The van der Waals surface area contributed by atoms with Crippen LogP contribution in [0.3, 0.4) is 0 Å². The molecule has 18 nitrogen and oxygen atoms in total. The molecule has 0 aromatic carbocycles. The summed E-state index contributed by atoms with van der Waals surface area (Å²) in [5.41, 5.74) is 0. The average molecular weight is 651 g/mol. The van der Waals surface area contributed by atoms with Gasteiger partial charge in [-0.25, -0.2) is 0 Å². The quantitative estimate of drug-likeness (QED) is 0.187. The van der Waals surface area contributed by atoms with Crippen molar-refractivity contribution in [3.8, 4) is 0 Å². The molecule has 254 valence electrons. The summed E-state index contributed by atoms with van der Waals surface area (Å²) in [5, 5.41) is 0. The number of hydrogen-bond acceptors (Lipinski definition) is 18. The minimum atomic E-state index is -1.74. The average Bonchev–Trinajstić information content (AvgIpc) is 2.90. The molecular formula is C27H38O18. The second-order valence-electron chi connectivity index (χ2n) is 9.90. The van der Waals surface area contributed by atoms with Crippen LogP contribution >= 0.6 is 0 Å². The predicted molar refractivity (Wildman–Crippen MR) is 140 cm³/mol. The minimum Gasteiger partial charge on any atom is -0.463 e. The zero-order valence-corrected chi connectivity index (χ0v) is 26.0. The van der Waals surface area contributed by atoms with Crippen LogP contribution in [0.4, 0.5) is 0 Å². The molecule has 0 spiro atoms. The van der Waals surface area contributed by atoms with Crippen LogP contribution in [0, 0.1) is 0 Å². The van der Waals surface area contributed by atoms with Crippen molar-refractivity contribution < 1.29 is 85.7 Å². The third kappa shape index (κ3) is 11.2. The molecule has 2 fully saturated rings. The molecule has 0 saturated carbocycles. The maximum Gasteiger partial charge on any atom is 0.303 e. The third-order valence-electron chi connectivity index (χ3n) is 6.12. The lowest BCUT2D eigenvalue weighted by Crippen LogP contribution is -2.67. The monoisotopic (exact) mass is 650 g/mol. The Morgan fingerprint density at radius 1 is 0.444 bits per heavy atom. The van der Waals surface area contributed by atoms with E-state index in [1.54, 1.807) is 0 Å². The Kier molecular flexibility index (Phi) is 14.1. The molecule has 0 aliphatic carbocycles. The van der Waals surface area contributed by atoms with Gasteiger partial charge in [0, 0.05) is 55.6 Å². The molecule has 2 aliphatic heterocycles. The first-order valence-corrected chi connectivity index (χ1v) is 13.7. The van der Waals surface area contributed by atoms with Crippen molar-refractivity contribution in [2.45, 2.75) is 110 Å². The molecule has 0 amide bonds. The number of esters is 7. The predicted octanol–water partition coefficient (Wildman–Crippen LogP) is -0.747. The summed E-state index contributed by atoms with van der Waals surface area (Å²) in [5.74, 6) is -5.71.